The lowest BCUT2D eigenvalue weighted by Crippen LogP contribution is -2.74. The van der Waals surface area contributed by atoms with Crippen LogP contribution in [0.15, 0.2) is 0 Å². The Hall–Kier alpha value is -0.850. The van der Waals surface area contributed by atoms with Gasteiger partial charge < -0.3 is 45.2 Å². The summed E-state index contributed by atoms with van der Waals surface area (Å²) in [6, 6.07) is 0. The Morgan fingerprint density at radius 2 is 1.41 bits per heavy atom. The highest BCUT2D eigenvalue weighted by Crippen LogP contribution is 2.44. The van der Waals surface area contributed by atoms with E-state index < -0.39 is 62.4 Å². The molecule has 0 aliphatic carbocycles. The first-order chi connectivity index (χ1) is 10.3. The van der Waals surface area contributed by atoms with Crippen LogP contribution in [0, 0.1) is 5.41 Å². The SMILES string of the molecule is CCOC(=O)C(CO)(C(O)(CO)CO)C(CO)(CO)OCO. The maximum absolute atomic E-state index is 12.4. The third-order valence-electron chi connectivity index (χ3n) is 3.81. The summed E-state index contributed by atoms with van der Waals surface area (Å²) in [6.45, 7) is -5.83. The smallest absolute Gasteiger partial charge is 0.320 e. The van der Waals surface area contributed by atoms with Gasteiger partial charge >= 0.3 is 5.97 Å². The third kappa shape index (κ3) is 3.09. The van der Waals surface area contributed by atoms with Gasteiger partial charge in [-0.2, -0.15) is 0 Å². The lowest BCUT2D eigenvalue weighted by atomic mass is 9.61. The van der Waals surface area contributed by atoms with Gasteiger partial charge in [-0.15, -0.1) is 0 Å². The van der Waals surface area contributed by atoms with Crippen molar-refractivity contribution in [3.63, 3.8) is 0 Å². The van der Waals surface area contributed by atoms with Crippen molar-refractivity contribution in [2.75, 3.05) is 46.4 Å². The van der Waals surface area contributed by atoms with E-state index >= 15 is 0 Å². The molecule has 10 heteroatoms. The van der Waals surface area contributed by atoms with Gasteiger partial charge in [-0.3, -0.25) is 4.79 Å². The molecule has 0 spiro atoms. The second-order valence-corrected chi connectivity index (χ2v) is 4.72. The largest absolute Gasteiger partial charge is 0.465 e. The Morgan fingerprint density at radius 3 is 1.68 bits per heavy atom. The monoisotopic (exact) mass is 328 g/mol. The zero-order chi connectivity index (χ0) is 17.4. The molecule has 7 N–H and O–H groups in total. The van der Waals surface area contributed by atoms with E-state index in [0.29, 0.717) is 0 Å². The van der Waals surface area contributed by atoms with Gasteiger partial charge in [0, 0.05) is 0 Å². The molecule has 0 aromatic carbocycles. The van der Waals surface area contributed by atoms with Gasteiger partial charge in [0.15, 0.2) is 5.41 Å². The molecule has 0 aliphatic heterocycles. The fourth-order valence-corrected chi connectivity index (χ4v) is 2.39. The number of aliphatic hydroxyl groups is 7. The van der Waals surface area contributed by atoms with Gasteiger partial charge in [-0.25, -0.2) is 0 Å². The van der Waals surface area contributed by atoms with Crippen molar-refractivity contribution >= 4 is 5.97 Å². The molecule has 0 saturated carbocycles. The number of ether oxygens (including phenoxy) is 2. The Bertz CT molecular complexity index is 339. The Morgan fingerprint density at radius 1 is 0.909 bits per heavy atom. The number of carbonyl (C=O) groups is 1. The maximum atomic E-state index is 12.4. The van der Waals surface area contributed by atoms with Crippen LogP contribution in [0.3, 0.4) is 0 Å². The molecule has 0 rings (SSSR count). The first-order valence-corrected chi connectivity index (χ1v) is 6.54. The van der Waals surface area contributed by atoms with Crippen molar-refractivity contribution in [2.45, 2.75) is 18.1 Å². The average molecular weight is 328 g/mol. The lowest BCUT2D eigenvalue weighted by Gasteiger charge is -2.51. The third-order valence-corrected chi connectivity index (χ3v) is 3.81. The van der Waals surface area contributed by atoms with Gasteiger partial charge in [0.25, 0.3) is 0 Å². The molecule has 1 unspecified atom stereocenters. The van der Waals surface area contributed by atoms with Crippen molar-refractivity contribution in [1.29, 1.82) is 0 Å². The van der Waals surface area contributed by atoms with Crippen LogP contribution in [-0.4, -0.2) is 99.4 Å². The minimum Gasteiger partial charge on any atom is -0.465 e. The topological polar surface area (TPSA) is 177 Å². The minimum absolute atomic E-state index is 0.195. The molecule has 0 aromatic rings. The molecule has 1 atom stereocenters. The highest BCUT2D eigenvalue weighted by atomic mass is 16.6. The summed E-state index contributed by atoms with van der Waals surface area (Å²) in [5, 5.41) is 67.0. The van der Waals surface area contributed by atoms with E-state index in [-0.39, 0.29) is 6.61 Å². The zero-order valence-corrected chi connectivity index (χ0v) is 12.3. The van der Waals surface area contributed by atoms with Crippen molar-refractivity contribution in [3.8, 4) is 0 Å². The molecule has 132 valence electrons. The first-order valence-electron chi connectivity index (χ1n) is 6.54. The van der Waals surface area contributed by atoms with Crippen LogP contribution in [0.25, 0.3) is 0 Å². The number of esters is 1. The molecule has 0 fully saturated rings. The summed E-state index contributed by atoms with van der Waals surface area (Å²) in [4.78, 5) is 12.4. The van der Waals surface area contributed by atoms with Crippen LogP contribution in [0.4, 0.5) is 0 Å². The van der Waals surface area contributed by atoms with Crippen LogP contribution in [-0.2, 0) is 14.3 Å². The summed E-state index contributed by atoms with van der Waals surface area (Å²) in [5.41, 5.74) is -7.80. The van der Waals surface area contributed by atoms with E-state index in [4.69, 9.17) is 14.6 Å². The fraction of sp³-hybridized carbons (Fsp3) is 0.917. The van der Waals surface area contributed by atoms with Gasteiger partial charge in [0.2, 0.25) is 0 Å². The fourth-order valence-electron chi connectivity index (χ4n) is 2.39. The van der Waals surface area contributed by atoms with Crippen LogP contribution in [0.5, 0.6) is 0 Å². The van der Waals surface area contributed by atoms with Gasteiger partial charge in [-0.1, -0.05) is 0 Å². The second kappa shape index (κ2) is 8.70. The van der Waals surface area contributed by atoms with Crippen LogP contribution in [0.2, 0.25) is 0 Å². The number of hydrogen-bond donors (Lipinski definition) is 7. The Balaban J connectivity index is 6.44. The van der Waals surface area contributed by atoms with Crippen LogP contribution in [0.1, 0.15) is 6.92 Å². The normalized spacial score (nSPS) is 15.5. The van der Waals surface area contributed by atoms with Crippen molar-refractivity contribution in [3.05, 3.63) is 0 Å². The van der Waals surface area contributed by atoms with E-state index in [1.165, 1.54) is 6.92 Å². The number of rotatable bonds is 11. The van der Waals surface area contributed by atoms with E-state index in [9.17, 15) is 35.4 Å². The van der Waals surface area contributed by atoms with Gasteiger partial charge in [-0.05, 0) is 6.92 Å². The Labute approximate surface area is 127 Å². The highest BCUT2D eigenvalue weighted by Gasteiger charge is 2.69. The first kappa shape index (κ1) is 21.1. The van der Waals surface area contributed by atoms with Crippen LogP contribution >= 0.6 is 0 Å². The number of hydrogen-bond acceptors (Lipinski definition) is 10. The molecular weight excluding hydrogens is 304 g/mol. The van der Waals surface area contributed by atoms with Crippen molar-refractivity contribution in [1.82, 2.24) is 0 Å². The predicted octanol–water partition coefficient (Wildman–Crippen LogP) is -4.07. The lowest BCUT2D eigenvalue weighted by molar-refractivity contribution is -0.286. The molecule has 0 radical (unpaired) electrons. The number of aliphatic hydroxyl groups excluding tert-OH is 6. The zero-order valence-electron chi connectivity index (χ0n) is 12.3. The molecule has 0 bridgehead atoms. The molecule has 0 amide bonds. The molecule has 0 heterocycles. The van der Waals surface area contributed by atoms with Crippen LogP contribution < -0.4 is 0 Å². The average Bonchev–Trinajstić information content (AvgIpc) is 2.54. The van der Waals surface area contributed by atoms with E-state index in [0.717, 1.165) is 0 Å². The summed E-state index contributed by atoms with van der Waals surface area (Å²) in [6.07, 6.45) is 0. The predicted molar refractivity (Wildman–Crippen MR) is 70.3 cm³/mol. The standard InChI is InChI=1S/C12H24O10/c1-2-21-9(19)12(7-17,10(20,3-13)4-14)11(5-15,6-16)22-8-18/h13-18,20H,2-8H2,1H3. The van der Waals surface area contributed by atoms with E-state index in [1.807, 2.05) is 0 Å². The van der Waals surface area contributed by atoms with E-state index in [2.05, 4.69) is 0 Å². The summed E-state index contributed by atoms with van der Waals surface area (Å²) < 4.78 is 9.55. The molecule has 22 heavy (non-hydrogen) atoms. The molecular formula is C12H24O10. The molecule has 10 nitrogen and oxygen atoms in total. The summed E-state index contributed by atoms with van der Waals surface area (Å²) in [5.74, 6) is -1.33. The van der Waals surface area contributed by atoms with Gasteiger partial charge in [0.1, 0.15) is 18.0 Å². The maximum Gasteiger partial charge on any atom is 0.320 e. The van der Waals surface area contributed by atoms with Crippen molar-refractivity contribution < 1.29 is 50.0 Å². The Kier molecular flexibility index (Phi) is 8.36. The summed E-state index contributed by atoms with van der Waals surface area (Å²) >= 11 is 0. The number of carbonyl (C=O) groups excluding carboxylic acids is 1. The highest BCUT2D eigenvalue weighted by molar-refractivity contribution is 5.81. The molecule has 0 aliphatic rings. The van der Waals surface area contributed by atoms with Gasteiger partial charge in [0.05, 0.1) is 39.6 Å². The molecule has 0 aromatic heterocycles. The minimum atomic E-state index is -2.71. The quantitative estimate of drug-likeness (QED) is 0.146. The molecule has 0 saturated heterocycles. The second-order valence-electron chi connectivity index (χ2n) is 4.72. The summed E-state index contributed by atoms with van der Waals surface area (Å²) in [7, 11) is 0. The van der Waals surface area contributed by atoms with E-state index in [1.54, 1.807) is 0 Å². The van der Waals surface area contributed by atoms with Crippen molar-refractivity contribution in [2.24, 2.45) is 5.41 Å².